The zero-order valence-electron chi connectivity index (χ0n) is 16.0. The van der Waals surface area contributed by atoms with Crippen molar-refractivity contribution in [3.63, 3.8) is 0 Å². The average molecular weight is 374 g/mol. The Balaban J connectivity index is 1.65. The number of nitrogens with zero attached hydrogens (tertiary/aromatic N) is 5. The van der Waals surface area contributed by atoms with E-state index in [2.05, 4.69) is 42.4 Å². The van der Waals surface area contributed by atoms with E-state index in [9.17, 15) is 4.79 Å². The monoisotopic (exact) mass is 373 g/mol. The molecule has 2 aromatic rings. The van der Waals surface area contributed by atoms with Gasteiger partial charge in [-0.25, -0.2) is 0 Å². The van der Waals surface area contributed by atoms with Gasteiger partial charge in [0, 0.05) is 13.1 Å². The molecule has 1 amide bonds. The van der Waals surface area contributed by atoms with Gasteiger partial charge in [0.05, 0.1) is 11.4 Å². The first kappa shape index (κ1) is 18.9. The lowest BCUT2D eigenvalue weighted by molar-refractivity contribution is -0.129. The third-order valence-corrected chi connectivity index (χ3v) is 6.40. The second-order valence-electron chi connectivity index (χ2n) is 7.30. The van der Waals surface area contributed by atoms with Crippen LogP contribution in [-0.4, -0.2) is 49.9 Å². The number of hydrogen-bond donors (Lipinski definition) is 0. The molecule has 0 bridgehead atoms. The summed E-state index contributed by atoms with van der Waals surface area (Å²) >= 11 is 1.40. The van der Waals surface area contributed by atoms with Gasteiger partial charge in [-0.3, -0.25) is 4.79 Å². The molecule has 6 nitrogen and oxygen atoms in total. The molecule has 0 radical (unpaired) electrons. The lowest BCUT2D eigenvalue weighted by Gasteiger charge is -2.33. The molecular formula is C19H27N5OS. The Morgan fingerprint density at radius 3 is 2.73 bits per heavy atom. The Bertz CT molecular complexity index is 767. The SMILES string of the molecule is Cc1cccc(-n2nnnc2SCC(=O)N(C)C2CCC(C)CC2)c1C. The van der Waals surface area contributed by atoms with Crippen LogP contribution >= 0.6 is 11.8 Å². The van der Waals surface area contributed by atoms with Crippen molar-refractivity contribution in [3.05, 3.63) is 29.3 Å². The minimum atomic E-state index is 0.144. The average Bonchev–Trinajstić information content (AvgIpc) is 3.10. The van der Waals surface area contributed by atoms with Gasteiger partial charge in [-0.05, 0) is 73.1 Å². The van der Waals surface area contributed by atoms with Crippen molar-refractivity contribution in [1.29, 1.82) is 0 Å². The number of tetrazole rings is 1. The molecule has 140 valence electrons. The number of amides is 1. The normalized spacial score (nSPS) is 20.2. The summed E-state index contributed by atoms with van der Waals surface area (Å²) in [7, 11) is 1.93. The highest BCUT2D eigenvalue weighted by atomic mass is 32.2. The molecule has 0 aliphatic heterocycles. The lowest BCUT2D eigenvalue weighted by Crippen LogP contribution is -2.40. The van der Waals surface area contributed by atoms with Crippen molar-refractivity contribution in [3.8, 4) is 5.69 Å². The van der Waals surface area contributed by atoms with Crippen LogP contribution in [0.15, 0.2) is 23.4 Å². The van der Waals surface area contributed by atoms with Crippen LogP contribution in [0.2, 0.25) is 0 Å². The van der Waals surface area contributed by atoms with E-state index in [-0.39, 0.29) is 5.91 Å². The van der Waals surface area contributed by atoms with E-state index in [0.29, 0.717) is 17.0 Å². The number of thioether (sulfide) groups is 1. The van der Waals surface area contributed by atoms with Crippen LogP contribution in [0.1, 0.15) is 43.7 Å². The molecule has 7 heteroatoms. The maximum atomic E-state index is 12.6. The molecule has 0 spiro atoms. The largest absolute Gasteiger partial charge is 0.342 e. The first-order valence-electron chi connectivity index (χ1n) is 9.20. The maximum absolute atomic E-state index is 12.6. The fraction of sp³-hybridized carbons (Fsp3) is 0.579. The summed E-state index contributed by atoms with van der Waals surface area (Å²) in [5.74, 6) is 1.28. The van der Waals surface area contributed by atoms with Gasteiger partial charge in [0.25, 0.3) is 0 Å². The van der Waals surface area contributed by atoms with Crippen LogP contribution in [0, 0.1) is 19.8 Å². The van der Waals surface area contributed by atoms with Gasteiger partial charge in [0.2, 0.25) is 11.1 Å². The minimum absolute atomic E-state index is 0.144. The van der Waals surface area contributed by atoms with Crippen LogP contribution in [0.3, 0.4) is 0 Å². The van der Waals surface area contributed by atoms with Gasteiger partial charge in [-0.15, -0.1) is 5.10 Å². The second kappa shape index (κ2) is 8.20. The molecule has 0 atom stereocenters. The van der Waals surface area contributed by atoms with E-state index in [1.165, 1.54) is 30.2 Å². The van der Waals surface area contributed by atoms with Gasteiger partial charge < -0.3 is 4.90 Å². The maximum Gasteiger partial charge on any atom is 0.233 e. The summed E-state index contributed by atoms with van der Waals surface area (Å²) in [5.41, 5.74) is 3.29. The number of benzene rings is 1. The molecule has 1 aliphatic carbocycles. The highest BCUT2D eigenvalue weighted by molar-refractivity contribution is 7.99. The Labute approximate surface area is 159 Å². The number of hydrogen-bond acceptors (Lipinski definition) is 5. The predicted molar refractivity (Wildman–Crippen MR) is 104 cm³/mol. The molecule has 1 heterocycles. The first-order chi connectivity index (χ1) is 12.5. The van der Waals surface area contributed by atoms with Crippen LogP contribution < -0.4 is 0 Å². The van der Waals surface area contributed by atoms with Gasteiger partial charge in [-0.1, -0.05) is 30.8 Å². The molecule has 0 saturated heterocycles. The zero-order chi connectivity index (χ0) is 18.7. The zero-order valence-corrected chi connectivity index (χ0v) is 16.8. The molecule has 0 unspecified atom stereocenters. The lowest BCUT2D eigenvalue weighted by atomic mass is 9.87. The van der Waals surface area contributed by atoms with Crippen molar-refractivity contribution >= 4 is 17.7 Å². The Hall–Kier alpha value is -1.89. The highest BCUT2D eigenvalue weighted by Gasteiger charge is 2.25. The van der Waals surface area contributed by atoms with Crippen LogP contribution in [0.5, 0.6) is 0 Å². The third-order valence-electron chi connectivity index (χ3n) is 5.50. The van der Waals surface area contributed by atoms with E-state index >= 15 is 0 Å². The quantitative estimate of drug-likeness (QED) is 0.752. The van der Waals surface area contributed by atoms with E-state index in [4.69, 9.17) is 0 Å². The summed E-state index contributed by atoms with van der Waals surface area (Å²) in [4.78, 5) is 14.5. The molecule has 1 saturated carbocycles. The Morgan fingerprint density at radius 2 is 2.00 bits per heavy atom. The summed E-state index contributed by atoms with van der Waals surface area (Å²) in [6, 6.07) is 6.44. The number of carbonyl (C=O) groups is 1. The van der Waals surface area contributed by atoms with Crippen LogP contribution in [-0.2, 0) is 4.79 Å². The second-order valence-corrected chi connectivity index (χ2v) is 8.24. The van der Waals surface area contributed by atoms with Gasteiger partial charge in [0.1, 0.15) is 0 Å². The van der Waals surface area contributed by atoms with Gasteiger partial charge >= 0.3 is 0 Å². The Kier molecular flexibility index (Phi) is 5.96. The third kappa shape index (κ3) is 4.09. The van der Waals surface area contributed by atoms with Crippen molar-refractivity contribution in [2.24, 2.45) is 5.92 Å². The topological polar surface area (TPSA) is 63.9 Å². The summed E-state index contributed by atoms with van der Waals surface area (Å²) in [5, 5.41) is 12.7. The summed E-state index contributed by atoms with van der Waals surface area (Å²) in [6.45, 7) is 6.42. The smallest absolute Gasteiger partial charge is 0.233 e. The molecule has 1 aromatic carbocycles. The summed E-state index contributed by atoms with van der Waals surface area (Å²) < 4.78 is 1.72. The Morgan fingerprint density at radius 1 is 1.27 bits per heavy atom. The van der Waals surface area contributed by atoms with Gasteiger partial charge in [0.15, 0.2) is 0 Å². The molecular weight excluding hydrogens is 346 g/mol. The molecule has 1 fully saturated rings. The molecule has 0 N–H and O–H groups in total. The molecule has 1 aromatic heterocycles. The van der Waals surface area contributed by atoms with E-state index < -0.39 is 0 Å². The number of aromatic nitrogens is 4. The predicted octanol–water partition coefficient (Wildman–Crippen LogP) is 3.41. The highest BCUT2D eigenvalue weighted by Crippen LogP contribution is 2.27. The number of aryl methyl sites for hydroxylation is 1. The van der Waals surface area contributed by atoms with E-state index in [0.717, 1.165) is 30.0 Å². The van der Waals surface area contributed by atoms with Crippen molar-refractivity contribution in [2.75, 3.05) is 12.8 Å². The molecule has 1 aliphatic rings. The van der Waals surface area contributed by atoms with E-state index in [1.54, 1.807) is 4.68 Å². The minimum Gasteiger partial charge on any atom is -0.342 e. The number of rotatable bonds is 5. The van der Waals surface area contributed by atoms with Crippen LogP contribution in [0.25, 0.3) is 5.69 Å². The fourth-order valence-electron chi connectivity index (χ4n) is 3.45. The van der Waals surface area contributed by atoms with Gasteiger partial charge in [-0.2, -0.15) is 4.68 Å². The number of carbonyl (C=O) groups excluding carboxylic acids is 1. The molecule has 3 rings (SSSR count). The molecule has 26 heavy (non-hydrogen) atoms. The fourth-order valence-corrected chi connectivity index (χ4v) is 4.25. The summed E-state index contributed by atoms with van der Waals surface area (Å²) in [6.07, 6.45) is 4.63. The standard InChI is InChI=1S/C19H27N5OS/c1-13-8-10-16(11-9-13)23(4)18(25)12-26-19-20-21-22-24(19)17-7-5-6-14(2)15(17)3/h5-7,13,16H,8-12H2,1-4H3. The van der Waals surface area contributed by atoms with Crippen LogP contribution in [0.4, 0.5) is 0 Å². The first-order valence-corrected chi connectivity index (χ1v) is 10.2. The van der Waals surface area contributed by atoms with E-state index in [1.807, 2.05) is 24.1 Å². The van der Waals surface area contributed by atoms with Crippen molar-refractivity contribution in [2.45, 2.75) is 57.7 Å². The van der Waals surface area contributed by atoms with Crippen molar-refractivity contribution in [1.82, 2.24) is 25.1 Å². The van der Waals surface area contributed by atoms with Crippen molar-refractivity contribution < 1.29 is 4.79 Å².